The number of rotatable bonds is 2. The first-order valence-electron chi connectivity index (χ1n) is 7.98. The summed E-state index contributed by atoms with van der Waals surface area (Å²) in [4.78, 5) is 14.9. The van der Waals surface area contributed by atoms with E-state index in [1.54, 1.807) is 12.1 Å². The van der Waals surface area contributed by atoms with Gasteiger partial charge in [-0.2, -0.15) is 0 Å². The Morgan fingerprint density at radius 1 is 1.29 bits per heavy atom. The van der Waals surface area contributed by atoms with Gasteiger partial charge in [0.2, 0.25) is 0 Å². The fraction of sp³-hybridized carbons (Fsp3) is 0.588. The maximum Gasteiger partial charge on any atom is 0.254 e. The van der Waals surface area contributed by atoms with Crippen LogP contribution in [0.5, 0.6) is 5.75 Å². The number of nitrogens with one attached hydrogen (secondary N) is 1. The first-order chi connectivity index (χ1) is 10.2. The molecule has 2 fully saturated rings. The number of benzene rings is 1. The van der Waals surface area contributed by atoms with Crippen LogP contribution in [0.3, 0.4) is 0 Å². The van der Waals surface area contributed by atoms with Crippen molar-refractivity contribution in [1.29, 1.82) is 0 Å². The zero-order valence-electron chi connectivity index (χ0n) is 12.6. The molecule has 2 heterocycles. The van der Waals surface area contributed by atoms with Crippen molar-refractivity contribution in [2.24, 2.45) is 5.92 Å². The topological polar surface area (TPSA) is 52.6 Å². The fourth-order valence-electron chi connectivity index (χ4n) is 3.77. The first kappa shape index (κ1) is 14.4. The number of piperidine rings is 1. The lowest BCUT2D eigenvalue weighted by atomic mass is 9.88. The molecule has 21 heavy (non-hydrogen) atoms. The third kappa shape index (κ3) is 2.77. The molecule has 2 N–H and O–H groups in total. The van der Waals surface area contributed by atoms with Crippen LogP contribution in [0.1, 0.15) is 41.6 Å². The second kappa shape index (κ2) is 6.06. The number of hydrogen-bond acceptors (Lipinski definition) is 3. The van der Waals surface area contributed by atoms with Crippen LogP contribution in [-0.4, -0.2) is 41.6 Å². The molecule has 1 aromatic carbocycles. The molecule has 0 aliphatic carbocycles. The molecule has 1 amide bonds. The minimum Gasteiger partial charge on any atom is -0.508 e. The van der Waals surface area contributed by atoms with Crippen LogP contribution in [0.2, 0.25) is 0 Å². The Kier molecular flexibility index (Phi) is 4.15. The van der Waals surface area contributed by atoms with E-state index in [-0.39, 0.29) is 11.7 Å². The molecule has 1 atom stereocenters. The lowest BCUT2D eigenvalue weighted by Crippen LogP contribution is -2.44. The Morgan fingerprint density at radius 3 is 2.81 bits per heavy atom. The summed E-state index contributed by atoms with van der Waals surface area (Å²) >= 11 is 0. The van der Waals surface area contributed by atoms with Crippen molar-refractivity contribution in [2.45, 2.75) is 38.6 Å². The zero-order valence-corrected chi connectivity index (χ0v) is 12.6. The van der Waals surface area contributed by atoms with E-state index in [9.17, 15) is 9.90 Å². The van der Waals surface area contributed by atoms with E-state index in [1.165, 1.54) is 0 Å². The van der Waals surface area contributed by atoms with Crippen LogP contribution in [-0.2, 0) is 0 Å². The molecular formula is C17H24N2O2. The summed E-state index contributed by atoms with van der Waals surface area (Å²) in [6.45, 7) is 4.80. The average Bonchev–Trinajstić information content (AvgIpc) is 3.00. The Hall–Kier alpha value is -1.55. The number of nitrogens with zero attached hydrogens (tertiary/aromatic N) is 1. The van der Waals surface area contributed by atoms with Gasteiger partial charge in [0, 0.05) is 23.7 Å². The van der Waals surface area contributed by atoms with Crippen molar-refractivity contribution >= 4 is 5.91 Å². The van der Waals surface area contributed by atoms with Gasteiger partial charge in [0.15, 0.2) is 0 Å². The van der Waals surface area contributed by atoms with Gasteiger partial charge < -0.3 is 15.3 Å². The highest BCUT2D eigenvalue weighted by atomic mass is 16.3. The van der Waals surface area contributed by atoms with Crippen molar-refractivity contribution in [3.05, 3.63) is 29.3 Å². The quantitative estimate of drug-likeness (QED) is 0.878. The Morgan fingerprint density at radius 2 is 2.05 bits per heavy atom. The second-order valence-corrected chi connectivity index (χ2v) is 6.25. The highest BCUT2D eigenvalue weighted by Crippen LogP contribution is 2.32. The summed E-state index contributed by atoms with van der Waals surface area (Å²) in [7, 11) is 0. The second-order valence-electron chi connectivity index (χ2n) is 6.25. The third-order valence-corrected chi connectivity index (χ3v) is 5.02. The Balaban J connectivity index is 1.81. The van der Waals surface area contributed by atoms with Crippen molar-refractivity contribution in [3.63, 3.8) is 0 Å². The molecule has 4 nitrogen and oxygen atoms in total. The largest absolute Gasteiger partial charge is 0.508 e. The highest BCUT2D eigenvalue weighted by molar-refractivity contribution is 5.96. The minimum atomic E-state index is 0.0874. The smallest absolute Gasteiger partial charge is 0.254 e. The lowest BCUT2D eigenvalue weighted by molar-refractivity contribution is 0.0665. The van der Waals surface area contributed by atoms with Crippen molar-refractivity contribution in [2.75, 3.05) is 19.6 Å². The molecular weight excluding hydrogens is 264 g/mol. The van der Waals surface area contributed by atoms with Crippen LogP contribution in [0.4, 0.5) is 0 Å². The molecule has 114 valence electrons. The summed E-state index contributed by atoms with van der Waals surface area (Å²) in [5.74, 6) is 0.915. The maximum atomic E-state index is 12.9. The molecule has 0 spiro atoms. The number of hydrogen-bond donors (Lipinski definition) is 2. The van der Waals surface area contributed by atoms with E-state index in [4.69, 9.17) is 0 Å². The van der Waals surface area contributed by atoms with Crippen molar-refractivity contribution < 1.29 is 9.90 Å². The standard InChI is InChI=1S/C17H24N2O2/c1-12-14(4-2-6-16(12)20)17(21)19-11-3-5-15(19)13-7-9-18-10-8-13/h2,4,6,13,15,18,20H,3,5,7-11H2,1H3. The first-order valence-corrected chi connectivity index (χ1v) is 7.98. The van der Waals surface area contributed by atoms with Gasteiger partial charge in [-0.25, -0.2) is 0 Å². The summed E-state index contributed by atoms with van der Waals surface area (Å²) < 4.78 is 0. The van der Waals surface area contributed by atoms with Crippen LogP contribution in [0.15, 0.2) is 18.2 Å². The van der Waals surface area contributed by atoms with Gasteiger partial charge in [0.05, 0.1) is 0 Å². The van der Waals surface area contributed by atoms with Crippen LogP contribution < -0.4 is 5.32 Å². The molecule has 1 unspecified atom stereocenters. The highest BCUT2D eigenvalue weighted by Gasteiger charge is 2.35. The summed E-state index contributed by atoms with van der Waals surface area (Å²) in [6, 6.07) is 5.60. The molecule has 0 aromatic heterocycles. The molecule has 0 saturated carbocycles. The summed E-state index contributed by atoms with van der Waals surface area (Å²) in [5.41, 5.74) is 1.34. The van der Waals surface area contributed by atoms with Gasteiger partial charge in [-0.1, -0.05) is 6.07 Å². The molecule has 2 aliphatic heterocycles. The van der Waals surface area contributed by atoms with Gasteiger partial charge in [0.25, 0.3) is 5.91 Å². The lowest BCUT2D eigenvalue weighted by Gasteiger charge is -2.34. The van der Waals surface area contributed by atoms with Crippen LogP contribution in [0, 0.1) is 12.8 Å². The number of likely N-dealkylation sites (tertiary alicyclic amines) is 1. The van der Waals surface area contributed by atoms with Crippen LogP contribution in [0.25, 0.3) is 0 Å². The molecule has 2 saturated heterocycles. The van der Waals surface area contributed by atoms with E-state index >= 15 is 0 Å². The number of phenolic OH excluding ortho intramolecular Hbond substituents is 1. The zero-order chi connectivity index (χ0) is 14.8. The average molecular weight is 288 g/mol. The number of aromatic hydroxyl groups is 1. The maximum absolute atomic E-state index is 12.9. The van der Waals surface area contributed by atoms with Gasteiger partial charge in [-0.3, -0.25) is 4.79 Å². The molecule has 0 bridgehead atoms. The molecule has 3 rings (SSSR count). The summed E-state index contributed by atoms with van der Waals surface area (Å²) in [6.07, 6.45) is 4.54. The van der Waals surface area contributed by atoms with E-state index < -0.39 is 0 Å². The van der Waals surface area contributed by atoms with E-state index in [0.29, 0.717) is 23.1 Å². The van der Waals surface area contributed by atoms with Crippen molar-refractivity contribution in [1.82, 2.24) is 10.2 Å². The fourth-order valence-corrected chi connectivity index (χ4v) is 3.77. The minimum absolute atomic E-state index is 0.0874. The predicted molar refractivity (Wildman–Crippen MR) is 82.5 cm³/mol. The Labute approximate surface area is 126 Å². The number of carbonyl (C=O) groups is 1. The summed E-state index contributed by atoms with van der Waals surface area (Å²) in [5, 5.41) is 13.2. The van der Waals surface area contributed by atoms with Gasteiger partial charge >= 0.3 is 0 Å². The molecule has 0 radical (unpaired) electrons. The Bertz CT molecular complexity index is 524. The molecule has 1 aromatic rings. The number of amides is 1. The van der Waals surface area contributed by atoms with Gasteiger partial charge in [-0.15, -0.1) is 0 Å². The van der Waals surface area contributed by atoms with Crippen molar-refractivity contribution in [3.8, 4) is 5.75 Å². The van der Waals surface area contributed by atoms with E-state index in [0.717, 1.165) is 45.3 Å². The normalized spacial score (nSPS) is 23.5. The predicted octanol–water partition coefficient (Wildman–Crippen LogP) is 2.30. The van der Waals surface area contributed by atoms with E-state index in [1.807, 2.05) is 13.0 Å². The molecule has 2 aliphatic rings. The van der Waals surface area contributed by atoms with E-state index in [2.05, 4.69) is 10.2 Å². The monoisotopic (exact) mass is 288 g/mol. The number of phenols is 1. The SMILES string of the molecule is Cc1c(O)cccc1C(=O)N1CCCC1C1CCNCC1. The van der Waals surface area contributed by atoms with Crippen LogP contribution >= 0.6 is 0 Å². The number of carbonyl (C=O) groups excluding carboxylic acids is 1. The van der Waals surface area contributed by atoms with Gasteiger partial charge in [0.1, 0.15) is 5.75 Å². The van der Waals surface area contributed by atoms with Gasteiger partial charge in [-0.05, 0) is 63.7 Å². The molecule has 4 heteroatoms. The third-order valence-electron chi connectivity index (χ3n) is 5.02.